The third-order valence-corrected chi connectivity index (χ3v) is 3.17. The summed E-state index contributed by atoms with van der Waals surface area (Å²) >= 11 is 0. The van der Waals surface area contributed by atoms with Gasteiger partial charge in [0.1, 0.15) is 0 Å². The van der Waals surface area contributed by atoms with Crippen molar-refractivity contribution in [3.63, 3.8) is 0 Å². The summed E-state index contributed by atoms with van der Waals surface area (Å²) in [5.41, 5.74) is 1.79. The van der Waals surface area contributed by atoms with Crippen molar-refractivity contribution in [2.45, 2.75) is 40.7 Å². The molecule has 0 spiro atoms. The topological polar surface area (TPSA) is 55.2 Å². The Morgan fingerprint density at radius 3 is 2.41 bits per heavy atom. The van der Waals surface area contributed by atoms with Crippen LogP contribution in [0.15, 0.2) is 18.2 Å². The molecule has 0 heterocycles. The van der Waals surface area contributed by atoms with Gasteiger partial charge in [0, 0.05) is 23.4 Å². The van der Waals surface area contributed by atoms with E-state index >= 15 is 0 Å². The lowest BCUT2D eigenvalue weighted by atomic mass is 9.88. The number of anilines is 1. The Morgan fingerprint density at radius 2 is 1.94 bits per heavy atom. The second-order valence-corrected chi connectivity index (χ2v) is 5.44. The quantitative estimate of drug-likeness (QED) is 0.642. The Bertz CT molecular complexity index is 422. The fourth-order valence-electron chi connectivity index (χ4n) is 1.43. The highest BCUT2D eigenvalue weighted by Crippen LogP contribution is 2.28. The first kappa shape index (κ1) is 13.5. The molecule has 1 rings (SSSR count). The van der Waals surface area contributed by atoms with Crippen LogP contribution >= 0.6 is 0 Å². The largest absolute Gasteiger partial charge is 0.382 e. The average molecular weight is 236 g/mol. The molecule has 0 aromatic heterocycles. The molecule has 0 radical (unpaired) electrons. The molecule has 0 saturated heterocycles. The average Bonchev–Trinajstić information content (AvgIpc) is 2.19. The van der Waals surface area contributed by atoms with Crippen molar-refractivity contribution < 1.29 is 4.92 Å². The van der Waals surface area contributed by atoms with E-state index in [9.17, 15) is 10.1 Å². The van der Waals surface area contributed by atoms with E-state index in [0.29, 0.717) is 5.56 Å². The smallest absolute Gasteiger partial charge is 0.274 e. The first-order valence-corrected chi connectivity index (χ1v) is 5.74. The zero-order chi connectivity index (χ0) is 13.2. The highest BCUT2D eigenvalue weighted by atomic mass is 16.6. The Labute approximate surface area is 102 Å². The van der Waals surface area contributed by atoms with Crippen molar-refractivity contribution >= 4 is 11.4 Å². The summed E-state index contributed by atoms with van der Waals surface area (Å²) in [6.45, 7) is 10.3. The fourth-order valence-corrected chi connectivity index (χ4v) is 1.43. The third kappa shape index (κ3) is 3.19. The number of benzene rings is 1. The molecule has 1 N–H and O–H groups in total. The van der Waals surface area contributed by atoms with Gasteiger partial charge in [-0.15, -0.1) is 0 Å². The zero-order valence-electron chi connectivity index (χ0n) is 11.1. The van der Waals surface area contributed by atoms with Gasteiger partial charge < -0.3 is 5.32 Å². The zero-order valence-corrected chi connectivity index (χ0v) is 11.1. The summed E-state index contributed by atoms with van der Waals surface area (Å²) in [6, 6.07) is 5.36. The molecule has 0 aliphatic carbocycles. The molecular formula is C13H20N2O2. The Kier molecular flexibility index (Phi) is 3.76. The van der Waals surface area contributed by atoms with Gasteiger partial charge in [0.2, 0.25) is 0 Å². The van der Waals surface area contributed by atoms with Crippen molar-refractivity contribution in [3.8, 4) is 0 Å². The first-order valence-electron chi connectivity index (χ1n) is 5.74. The Morgan fingerprint density at radius 1 is 1.35 bits per heavy atom. The SMILES string of the molecule is Cc1c(NC(C)C(C)(C)C)cccc1[N+](=O)[O-]. The molecule has 0 amide bonds. The molecular weight excluding hydrogens is 216 g/mol. The number of nitro groups is 1. The lowest BCUT2D eigenvalue weighted by Crippen LogP contribution is -2.31. The normalized spacial score (nSPS) is 13.2. The summed E-state index contributed by atoms with van der Waals surface area (Å²) in [4.78, 5) is 10.5. The lowest BCUT2D eigenvalue weighted by molar-refractivity contribution is -0.385. The molecule has 0 aliphatic rings. The second kappa shape index (κ2) is 4.73. The van der Waals surface area contributed by atoms with Gasteiger partial charge in [-0.05, 0) is 25.3 Å². The summed E-state index contributed by atoms with van der Waals surface area (Å²) in [7, 11) is 0. The van der Waals surface area contributed by atoms with Crippen molar-refractivity contribution in [1.29, 1.82) is 0 Å². The van der Waals surface area contributed by atoms with E-state index < -0.39 is 0 Å². The van der Waals surface area contributed by atoms with Gasteiger partial charge in [-0.2, -0.15) is 0 Å². The monoisotopic (exact) mass is 236 g/mol. The van der Waals surface area contributed by atoms with Crippen LogP contribution in [0.25, 0.3) is 0 Å². The maximum atomic E-state index is 10.8. The van der Waals surface area contributed by atoms with Crippen LogP contribution in [0.4, 0.5) is 11.4 Å². The molecule has 0 bridgehead atoms. The third-order valence-electron chi connectivity index (χ3n) is 3.17. The van der Waals surface area contributed by atoms with E-state index in [1.165, 1.54) is 6.07 Å². The first-order chi connectivity index (χ1) is 7.73. The van der Waals surface area contributed by atoms with E-state index in [4.69, 9.17) is 0 Å². The minimum atomic E-state index is -0.345. The minimum absolute atomic E-state index is 0.108. The number of hydrogen-bond acceptors (Lipinski definition) is 3. The van der Waals surface area contributed by atoms with Crippen LogP contribution in [0.2, 0.25) is 0 Å². The molecule has 1 aromatic rings. The summed E-state index contributed by atoms with van der Waals surface area (Å²) in [5.74, 6) is 0. The summed E-state index contributed by atoms with van der Waals surface area (Å²) < 4.78 is 0. The minimum Gasteiger partial charge on any atom is -0.382 e. The van der Waals surface area contributed by atoms with Gasteiger partial charge in [0.15, 0.2) is 0 Å². The molecule has 4 heteroatoms. The van der Waals surface area contributed by atoms with Gasteiger partial charge in [0.25, 0.3) is 5.69 Å². The van der Waals surface area contributed by atoms with Crippen molar-refractivity contribution in [1.82, 2.24) is 0 Å². The summed E-state index contributed by atoms with van der Waals surface area (Å²) in [6.07, 6.45) is 0. The van der Waals surface area contributed by atoms with Crippen LogP contribution < -0.4 is 5.32 Å². The van der Waals surface area contributed by atoms with Crippen LogP contribution in [0.3, 0.4) is 0 Å². The highest BCUT2D eigenvalue weighted by Gasteiger charge is 2.21. The molecule has 1 unspecified atom stereocenters. The van der Waals surface area contributed by atoms with E-state index in [1.54, 1.807) is 13.0 Å². The van der Waals surface area contributed by atoms with Crippen LogP contribution in [-0.4, -0.2) is 11.0 Å². The van der Waals surface area contributed by atoms with Gasteiger partial charge in [-0.25, -0.2) is 0 Å². The Hall–Kier alpha value is -1.58. The van der Waals surface area contributed by atoms with E-state index in [1.807, 2.05) is 6.07 Å². The highest BCUT2D eigenvalue weighted by molar-refractivity contribution is 5.60. The molecule has 94 valence electrons. The summed E-state index contributed by atoms with van der Waals surface area (Å²) in [5, 5.41) is 14.2. The number of hydrogen-bond donors (Lipinski definition) is 1. The molecule has 1 atom stereocenters. The van der Waals surface area contributed by atoms with Crippen molar-refractivity contribution in [2.24, 2.45) is 5.41 Å². The van der Waals surface area contributed by atoms with Crippen LogP contribution in [0.1, 0.15) is 33.3 Å². The van der Waals surface area contributed by atoms with E-state index in [0.717, 1.165) is 5.69 Å². The van der Waals surface area contributed by atoms with Crippen molar-refractivity contribution in [3.05, 3.63) is 33.9 Å². The van der Waals surface area contributed by atoms with Crippen LogP contribution in [0.5, 0.6) is 0 Å². The number of nitro benzene ring substituents is 1. The second-order valence-electron chi connectivity index (χ2n) is 5.44. The fraction of sp³-hybridized carbons (Fsp3) is 0.538. The maximum absolute atomic E-state index is 10.8. The molecule has 17 heavy (non-hydrogen) atoms. The van der Waals surface area contributed by atoms with Gasteiger partial charge in [-0.3, -0.25) is 10.1 Å². The van der Waals surface area contributed by atoms with E-state index in [-0.39, 0.29) is 22.1 Å². The predicted octanol–water partition coefficient (Wildman–Crippen LogP) is 3.75. The molecule has 0 aliphatic heterocycles. The predicted molar refractivity (Wildman–Crippen MR) is 70.4 cm³/mol. The standard InChI is InChI=1S/C13H20N2O2/c1-9-11(14-10(2)13(3,4)5)7-6-8-12(9)15(16)17/h6-8,10,14H,1-5H3. The van der Waals surface area contributed by atoms with Gasteiger partial charge in [-0.1, -0.05) is 26.8 Å². The lowest BCUT2D eigenvalue weighted by Gasteiger charge is -2.29. The molecule has 0 saturated carbocycles. The maximum Gasteiger partial charge on any atom is 0.274 e. The van der Waals surface area contributed by atoms with E-state index in [2.05, 4.69) is 33.0 Å². The van der Waals surface area contributed by atoms with Crippen LogP contribution in [-0.2, 0) is 0 Å². The Balaban J connectivity index is 3.01. The molecule has 1 aromatic carbocycles. The van der Waals surface area contributed by atoms with Gasteiger partial charge in [0.05, 0.1) is 4.92 Å². The van der Waals surface area contributed by atoms with Crippen molar-refractivity contribution in [2.75, 3.05) is 5.32 Å². The number of rotatable bonds is 3. The number of nitrogens with one attached hydrogen (secondary N) is 1. The van der Waals surface area contributed by atoms with Crippen LogP contribution in [0, 0.1) is 22.5 Å². The molecule has 0 fully saturated rings. The van der Waals surface area contributed by atoms with Gasteiger partial charge >= 0.3 is 0 Å². The molecule has 4 nitrogen and oxygen atoms in total. The number of nitrogens with zero attached hydrogens (tertiary/aromatic N) is 1.